The Labute approximate surface area is 106 Å². The van der Waals surface area contributed by atoms with Crippen LogP contribution in [0.4, 0.5) is 0 Å². The van der Waals surface area contributed by atoms with Crippen LogP contribution in [0, 0.1) is 5.41 Å². The molecule has 1 aromatic heterocycles. The van der Waals surface area contributed by atoms with Gasteiger partial charge in [-0.2, -0.15) is 5.10 Å². The summed E-state index contributed by atoms with van der Waals surface area (Å²) in [6.45, 7) is 13.2. The number of hydrogen-bond donors (Lipinski definition) is 1. The fourth-order valence-electron chi connectivity index (χ4n) is 2.04. The van der Waals surface area contributed by atoms with Gasteiger partial charge < -0.3 is 5.32 Å². The van der Waals surface area contributed by atoms with E-state index in [9.17, 15) is 0 Å². The predicted molar refractivity (Wildman–Crippen MR) is 73.0 cm³/mol. The zero-order valence-corrected chi connectivity index (χ0v) is 12.0. The van der Waals surface area contributed by atoms with Gasteiger partial charge in [0.05, 0.1) is 6.20 Å². The third-order valence-corrected chi connectivity index (χ3v) is 3.60. The standard InChI is InChI=1S/C14H27N3/c1-6-9-15-13(14(4,5)7-2)12-10-16-17(8-3)11-12/h10-11,13,15H,6-9H2,1-5H3. The van der Waals surface area contributed by atoms with E-state index in [1.54, 1.807) is 0 Å². The van der Waals surface area contributed by atoms with Crippen LogP contribution in [0.5, 0.6) is 0 Å². The van der Waals surface area contributed by atoms with E-state index in [0.29, 0.717) is 6.04 Å². The second-order valence-corrected chi connectivity index (χ2v) is 5.36. The van der Waals surface area contributed by atoms with Gasteiger partial charge in [-0.3, -0.25) is 4.68 Å². The first-order valence-electron chi connectivity index (χ1n) is 6.80. The van der Waals surface area contributed by atoms with E-state index in [2.05, 4.69) is 51.2 Å². The zero-order chi connectivity index (χ0) is 12.9. The van der Waals surface area contributed by atoms with Gasteiger partial charge in [0.25, 0.3) is 0 Å². The van der Waals surface area contributed by atoms with Crippen LogP contribution in [-0.2, 0) is 6.54 Å². The molecule has 0 aliphatic rings. The summed E-state index contributed by atoms with van der Waals surface area (Å²) >= 11 is 0. The number of rotatable bonds is 7. The van der Waals surface area contributed by atoms with Crippen LogP contribution in [0.3, 0.4) is 0 Å². The highest BCUT2D eigenvalue weighted by Crippen LogP contribution is 2.36. The van der Waals surface area contributed by atoms with Crippen molar-refractivity contribution in [2.45, 2.75) is 60.0 Å². The van der Waals surface area contributed by atoms with Crippen molar-refractivity contribution in [3.05, 3.63) is 18.0 Å². The molecule has 1 atom stereocenters. The molecule has 98 valence electrons. The predicted octanol–water partition coefficient (Wildman–Crippen LogP) is 3.38. The molecule has 0 fully saturated rings. The number of aromatic nitrogens is 2. The number of aryl methyl sites for hydroxylation is 1. The molecular weight excluding hydrogens is 210 g/mol. The summed E-state index contributed by atoms with van der Waals surface area (Å²) in [6.07, 6.45) is 6.50. The highest BCUT2D eigenvalue weighted by atomic mass is 15.3. The Morgan fingerprint density at radius 1 is 1.35 bits per heavy atom. The van der Waals surface area contributed by atoms with Crippen molar-refractivity contribution in [1.82, 2.24) is 15.1 Å². The van der Waals surface area contributed by atoms with Crippen LogP contribution in [0.25, 0.3) is 0 Å². The third-order valence-electron chi connectivity index (χ3n) is 3.60. The third kappa shape index (κ3) is 3.56. The van der Waals surface area contributed by atoms with Crippen molar-refractivity contribution in [3.63, 3.8) is 0 Å². The lowest BCUT2D eigenvalue weighted by Crippen LogP contribution is -2.34. The van der Waals surface area contributed by atoms with Crippen LogP contribution in [0.1, 0.15) is 59.1 Å². The molecule has 0 bridgehead atoms. The van der Waals surface area contributed by atoms with Crippen LogP contribution < -0.4 is 5.32 Å². The number of hydrogen-bond acceptors (Lipinski definition) is 2. The second kappa shape index (κ2) is 6.20. The summed E-state index contributed by atoms with van der Waals surface area (Å²) in [5, 5.41) is 8.05. The van der Waals surface area contributed by atoms with Crippen LogP contribution in [-0.4, -0.2) is 16.3 Å². The molecule has 1 heterocycles. The molecule has 0 aliphatic heterocycles. The lowest BCUT2D eigenvalue weighted by Gasteiger charge is -2.33. The fraction of sp³-hybridized carbons (Fsp3) is 0.786. The van der Waals surface area contributed by atoms with E-state index in [1.165, 1.54) is 5.56 Å². The molecular formula is C14H27N3. The van der Waals surface area contributed by atoms with E-state index < -0.39 is 0 Å². The molecule has 0 radical (unpaired) electrons. The van der Waals surface area contributed by atoms with Gasteiger partial charge >= 0.3 is 0 Å². The van der Waals surface area contributed by atoms with Gasteiger partial charge in [0.1, 0.15) is 0 Å². The molecule has 0 aromatic carbocycles. The van der Waals surface area contributed by atoms with E-state index in [1.807, 2.05) is 10.9 Å². The average Bonchev–Trinajstić information content (AvgIpc) is 2.78. The molecule has 3 nitrogen and oxygen atoms in total. The van der Waals surface area contributed by atoms with Crippen molar-refractivity contribution >= 4 is 0 Å². The summed E-state index contributed by atoms with van der Waals surface area (Å²) in [6, 6.07) is 0.396. The van der Waals surface area contributed by atoms with E-state index >= 15 is 0 Å². The summed E-state index contributed by atoms with van der Waals surface area (Å²) in [5.74, 6) is 0. The number of nitrogens with one attached hydrogen (secondary N) is 1. The lowest BCUT2D eigenvalue weighted by molar-refractivity contribution is 0.234. The SMILES string of the molecule is CCCNC(c1cnn(CC)c1)C(C)(C)CC. The minimum absolute atomic E-state index is 0.261. The van der Waals surface area contributed by atoms with Crippen LogP contribution in [0.15, 0.2) is 12.4 Å². The quantitative estimate of drug-likeness (QED) is 0.788. The normalized spacial score (nSPS) is 13.9. The van der Waals surface area contributed by atoms with Gasteiger partial charge in [-0.15, -0.1) is 0 Å². The molecule has 0 saturated carbocycles. The van der Waals surface area contributed by atoms with Crippen molar-refractivity contribution in [2.75, 3.05) is 6.54 Å². The van der Waals surface area contributed by atoms with Gasteiger partial charge in [0.2, 0.25) is 0 Å². The van der Waals surface area contributed by atoms with Crippen molar-refractivity contribution in [3.8, 4) is 0 Å². The Morgan fingerprint density at radius 3 is 2.53 bits per heavy atom. The fourth-order valence-corrected chi connectivity index (χ4v) is 2.04. The van der Waals surface area contributed by atoms with Crippen molar-refractivity contribution in [2.24, 2.45) is 5.41 Å². The molecule has 1 aromatic rings. The first-order chi connectivity index (χ1) is 8.05. The summed E-state index contributed by atoms with van der Waals surface area (Å²) < 4.78 is 2.00. The van der Waals surface area contributed by atoms with E-state index in [-0.39, 0.29) is 5.41 Å². The Bertz CT molecular complexity index is 328. The van der Waals surface area contributed by atoms with Gasteiger partial charge in [0, 0.05) is 24.3 Å². The van der Waals surface area contributed by atoms with Gasteiger partial charge in [-0.1, -0.05) is 27.7 Å². The maximum Gasteiger partial charge on any atom is 0.0537 e. The Hall–Kier alpha value is -0.830. The van der Waals surface area contributed by atoms with Crippen molar-refractivity contribution < 1.29 is 0 Å². The highest BCUT2D eigenvalue weighted by Gasteiger charge is 2.29. The van der Waals surface area contributed by atoms with Gasteiger partial charge in [0.15, 0.2) is 0 Å². The zero-order valence-electron chi connectivity index (χ0n) is 12.0. The lowest BCUT2D eigenvalue weighted by atomic mass is 9.79. The number of nitrogens with zero attached hydrogens (tertiary/aromatic N) is 2. The van der Waals surface area contributed by atoms with Gasteiger partial charge in [-0.05, 0) is 31.7 Å². The van der Waals surface area contributed by atoms with Gasteiger partial charge in [-0.25, -0.2) is 0 Å². The monoisotopic (exact) mass is 237 g/mol. The first kappa shape index (κ1) is 14.2. The Kier molecular flexibility index (Phi) is 5.19. The largest absolute Gasteiger partial charge is 0.309 e. The molecule has 0 saturated heterocycles. The second-order valence-electron chi connectivity index (χ2n) is 5.36. The average molecular weight is 237 g/mol. The topological polar surface area (TPSA) is 29.9 Å². The minimum Gasteiger partial charge on any atom is -0.309 e. The Balaban J connectivity index is 2.89. The van der Waals surface area contributed by atoms with E-state index in [4.69, 9.17) is 0 Å². The van der Waals surface area contributed by atoms with E-state index in [0.717, 1.165) is 25.9 Å². The summed E-state index contributed by atoms with van der Waals surface area (Å²) in [7, 11) is 0. The Morgan fingerprint density at radius 2 is 2.06 bits per heavy atom. The molecule has 0 amide bonds. The van der Waals surface area contributed by atoms with Crippen LogP contribution in [0.2, 0.25) is 0 Å². The molecule has 3 heteroatoms. The maximum atomic E-state index is 4.39. The summed E-state index contributed by atoms with van der Waals surface area (Å²) in [4.78, 5) is 0. The smallest absolute Gasteiger partial charge is 0.0537 e. The maximum absolute atomic E-state index is 4.39. The molecule has 0 aliphatic carbocycles. The molecule has 17 heavy (non-hydrogen) atoms. The minimum atomic E-state index is 0.261. The molecule has 1 N–H and O–H groups in total. The van der Waals surface area contributed by atoms with Crippen LogP contribution >= 0.6 is 0 Å². The molecule has 1 unspecified atom stereocenters. The molecule has 1 rings (SSSR count). The van der Waals surface area contributed by atoms with Crippen molar-refractivity contribution in [1.29, 1.82) is 0 Å². The first-order valence-corrected chi connectivity index (χ1v) is 6.80. The summed E-state index contributed by atoms with van der Waals surface area (Å²) in [5.41, 5.74) is 1.57. The highest BCUT2D eigenvalue weighted by molar-refractivity contribution is 5.14. The molecule has 0 spiro atoms.